The Balaban J connectivity index is 1.51. The number of fused-ring (bicyclic) bond motifs is 1. The Morgan fingerprint density at radius 2 is 1.97 bits per heavy atom. The summed E-state index contributed by atoms with van der Waals surface area (Å²) in [4.78, 5) is 6.74. The molecule has 202 valence electrons. The van der Waals surface area contributed by atoms with Crippen LogP contribution in [-0.4, -0.2) is 56.7 Å². The van der Waals surface area contributed by atoms with Crippen LogP contribution in [0.3, 0.4) is 0 Å². The lowest BCUT2D eigenvalue weighted by Crippen LogP contribution is -2.51. The van der Waals surface area contributed by atoms with Crippen molar-refractivity contribution in [2.24, 2.45) is 0 Å². The largest absolute Gasteiger partial charge is 0.489 e. The first-order valence-electron chi connectivity index (χ1n) is 12.3. The van der Waals surface area contributed by atoms with Gasteiger partial charge in [0.1, 0.15) is 24.2 Å². The van der Waals surface area contributed by atoms with Gasteiger partial charge in [0.2, 0.25) is 0 Å². The first-order chi connectivity index (χ1) is 17.8. The number of nitrogens with one attached hydrogen (secondary N) is 1. The van der Waals surface area contributed by atoms with Crippen molar-refractivity contribution in [2.75, 3.05) is 24.6 Å². The SMILES string of the molecule is C=C(CC(F)(F)F)NC1(C)CCN(c2ccc(-c3cc(OCC(C)(C)O)cn4ncc(C#N)c34)cn2)CC1. The number of piperidine rings is 1. The maximum absolute atomic E-state index is 12.7. The molecule has 0 radical (unpaired) electrons. The molecular weight excluding hydrogens is 497 g/mol. The summed E-state index contributed by atoms with van der Waals surface area (Å²) < 4.78 is 45.4. The van der Waals surface area contributed by atoms with Gasteiger partial charge in [-0.1, -0.05) is 6.58 Å². The van der Waals surface area contributed by atoms with Crippen LogP contribution in [-0.2, 0) is 0 Å². The summed E-state index contributed by atoms with van der Waals surface area (Å²) in [5.41, 5.74) is 0.994. The van der Waals surface area contributed by atoms with E-state index in [4.69, 9.17) is 4.74 Å². The number of nitriles is 1. The molecule has 4 rings (SSSR count). The van der Waals surface area contributed by atoms with Gasteiger partial charge in [0, 0.05) is 41.6 Å². The van der Waals surface area contributed by atoms with Crippen molar-refractivity contribution in [3.8, 4) is 22.9 Å². The molecule has 2 N–H and O–H groups in total. The van der Waals surface area contributed by atoms with Crippen molar-refractivity contribution in [3.05, 3.63) is 54.6 Å². The van der Waals surface area contributed by atoms with Crippen LogP contribution in [0.15, 0.2) is 49.1 Å². The van der Waals surface area contributed by atoms with Gasteiger partial charge < -0.3 is 20.1 Å². The average molecular weight is 529 g/mol. The molecule has 11 heteroatoms. The first-order valence-corrected chi connectivity index (χ1v) is 12.3. The van der Waals surface area contributed by atoms with E-state index in [1.54, 1.807) is 36.8 Å². The van der Waals surface area contributed by atoms with Crippen LogP contribution in [0.1, 0.15) is 45.6 Å². The fourth-order valence-corrected chi connectivity index (χ4v) is 4.54. The number of ether oxygens (including phenoxy) is 1. The van der Waals surface area contributed by atoms with Crippen LogP contribution < -0.4 is 15.0 Å². The smallest absolute Gasteiger partial charge is 0.394 e. The Bertz CT molecular complexity index is 1340. The molecule has 0 amide bonds. The summed E-state index contributed by atoms with van der Waals surface area (Å²) in [5.74, 6) is 1.24. The molecule has 38 heavy (non-hydrogen) atoms. The van der Waals surface area contributed by atoms with E-state index in [9.17, 15) is 23.5 Å². The number of alkyl halides is 3. The third kappa shape index (κ3) is 6.55. The Labute approximate surface area is 219 Å². The van der Waals surface area contributed by atoms with Gasteiger partial charge in [-0.2, -0.15) is 23.5 Å². The minimum Gasteiger partial charge on any atom is -0.489 e. The Morgan fingerprint density at radius 1 is 1.26 bits per heavy atom. The van der Waals surface area contributed by atoms with Gasteiger partial charge >= 0.3 is 6.18 Å². The summed E-state index contributed by atoms with van der Waals surface area (Å²) in [6.45, 7) is 10.1. The van der Waals surface area contributed by atoms with Crippen LogP contribution in [0.2, 0.25) is 0 Å². The minimum absolute atomic E-state index is 0.0207. The number of allylic oxidation sites excluding steroid dienone is 1. The Morgan fingerprint density at radius 3 is 2.55 bits per heavy atom. The van der Waals surface area contributed by atoms with Gasteiger partial charge in [-0.3, -0.25) is 0 Å². The molecule has 4 heterocycles. The van der Waals surface area contributed by atoms with Crippen molar-refractivity contribution >= 4 is 11.3 Å². The van der Waals surface area contributed by atoms with E-state index in [1.165, 1.54) is 6.20 Å². The van der Waals surface area contributed by atoms with E-state index in [0.29, 0.717) is 48.3 Å². The minimum atomic E-state index is -4.29. The molecule has 1 fully saturated rings. The van der Waals surface area contributed by atoms with E-state index in [0.717, 1.165) is 11.4 Å². The van der Waals surface area contributed by atoms with Gasteiger partial charge in [0.05, 0.1) is 35.5 Å². The third-order valence-corrected chi connectivity index (χ3v) is 6.44. The highest BCUT2D eigenvalue weighted by Gasteiger charge is 2.34. The lowest BCUT2D eigenvalue weighted by molar-refractivity contribution is -0.128. The molecule has 1 saturated heterocycles. The monoisotopic (exact) mass is 528 g/mol. The van der Waals surface area contributed by atoms with E-state index < -0.39 is 23.7 Å². The zero-order valence-electron chi connectivity index (χ0n) is 21.6. The molecule has 0 saturated carbocycles. The molecule has 0 spiro atoms. The number of nitrogens with zero attached hydrogens (tertiary/aromatic N) is 5. The molecular formula is C27H31F3N6O2. The van der Waals surface area contributed by atoms with Crippen molar-refractivity contribution in [1.29, 1.82) is 5.26 Å². The maximum Gasteiger partial charge on any atom is 0.394 e. The molecule has 8 nitrogen and oxygen atoms in total. The molecule has 3 aromatic heterocycles. The zero-order chi connectivity index (χ0) is 27.7. The summed E-state index contributed by atoms with van der Waals surface area (Å²) in [7, 11) is 0. The molecule has 1 aliphatic rings. The van der Waals surface area contributed by atoms with Gasteiger partial charge in [-0.25, -0.2) is 9.50 Å². The maximum atomic E-state index is 12.7. The first kappa shape index (κ1) is 27.3. The molecule has 3 aromatic rings. The molecule has 1 aliphatic heterocycles. The fraction of sp³-hybridized carbons (Fsp3) is 0.444. The van der Waals surface area contributed by atoms with Crippen LogP contribution in [0.25, 0.3) is 16.6 Å². The number of hydrogen-bond donors (Lipinski definition) is 2. The van der Waals surface area contributed by atoms with E-state index in [2.05, 4.69) is 32.9 Å². The standard InChI is InChI=1S/C27H31F3N6O2/c1-18(12-27(28,29)30)34-26(4)7-9-35(10-8-26)23-6-5-19(14-32-23)22-11-21(38-17-25(2,3)37)16-36-24(22)20(13-31)15-33-36/h5-6,11,14-16,34,37H,1,7-10,12,17H2,2-4H3. The van der Waals surface area contributed by atoms with Crippen molar-refractivity contribution < 1.29 is 23.0 Å². The topological polar surface area (TPSA) is 98.7 Å². The van der Waals surface area contributed by atoms with Gasteiger partial charge in [-0.15, -0.1) is 0 Å². The molecule has 0 unspecified atom stereocenters. The number of halogens is 3. The summed E-state index contributed by atoms with van der Waals surface area (Å²) in [6.07, 6.45) is 0.807. The van der Waals surface area contributed by atoms with Crippen LogP contribution in [0, 0.1) is 11.3 Å². The molecule has 0 atom stereocenters. The number of rotatable bonds is 8. The molecule has 0 aromatic carbocycles. The Kier molecular flexibility index (Phi) is 7.30. The zero-order valence-corrected chi connectivity index (χ0v) is 21.6. The van der Waals surface area contributed by atoms with Gasteiger partial charge in [0.25, 0.3) is 0 Å². The van der Waals surface area contributed by atoms with Crippen LogP contribution in [0.4, 0.5) is 19.0 Å². The number of pyridine rings is 2. The second-order valence-electron chi connectivity index (χ2n) is 10.6. The van der Waals surface area contributed by atoms with Crippen molar-refractivity contribution in [1.82, 2.24) is 19.9 Å². The van der Waals surface area contributed by atoms with Crippen LogP contribution >= 0.6 is 0 Å². The quantitative estimate of drug-likeness (QED) is 0.432. The third-order valence-electron chi connectivity index (χ3n) is 6.44. The van der Waals surface area contributed by atoms with E-state index in [-0.39, 0.29) is 12.3 Å². The van der Waals surface area contributed by atoms with Crippen LogP contribution in [0.5, 0.6) is 5.75 Å². The second kappa shape index (κ2) is 10.2. The highest BCUT2D eigenvalue weighted by Crippen LogP contribution is 2.33. The average Bonchev–Trinajstić information content (AvgIpc) is 3.24. The number of aromatic nitrogens is 3. The lowest BCUT2D eigenvalue weighted by Gasteiger charge is -2.41. The lowest BCUT2D eigenvalue weighted by atomic mass is 9.89. The number of anilines is 1. The predicted octanol–water partition coefficient (Wildman–Crippen LogP) is 4.83. The molecule has 0 aliphatic carbocycles. The van der Waals surface area contributed by atoms with E-state index >= 15 is 0 Å². The number of hydrogen-bond acceptors (Lipinski definition) is 7. The summed E-state index contributed by atoms with van der Waals surface area (Å²) in [5, 5.41) is 26.9. The highest BCUT2D eigenvalue weighted by atomic mass is 19.4. The van der Waals surface area contributed by atoms with Crippen molar-refractivity contribution in [2.45, 2.75) is 57.3 Å². The highest BCUT2D eigenvalue weighted by molar-refractivity contribution is 5.85. The summed E-state index contributed by atoms with van der Waals surface area (Å²) in [6, 6.07) is 7.75. The fourth-order valence-electron chi connectivity index (χ4n) is 4.54. The second-order valence-corrected chi connectivity index (χ2v) is 10.6. The molecule has 0 bridgehead atoms. The Hall–Kier alpha value is -3.78. The number of aliphatic hydroxyl groups is 1. The summed E-state index contributed by atoms with van der Waals surface area (Å²) >= 11 is 0. The van der Waals surface area contributed by atoms with Crippen molar-refractivity contribution in [3.63, 3.8) is 0 Å². The normalized spacial score (nSPS) is 15.8. The van der Waals surface area contributed by atoms with E-state index in [1.807, 2.05) is 19.1 Å². The predicted molar refractivity (Wildman–Crippen MR) is 138 cm³/mol. The van der Waals surface area contributed by atoms with Gasteiger partial charge in [0.15, 0.2) is 0 Å². The van der Waals surface area contributed by atoms with Gasteiger partial charge in [-0.05, 0) is 51.8 Å².